The van der Waals surface area contributed by atoms with E-state index in [1.54, 1.807) is 36.4 Å². The van der Waals surface area contributed by atoms with Gasteiger partial charge in [-0.25, -0.2) is 19.2 Å². The van der Waals surface area contributed by atoms with Gasteiger partial charge in [0.05, 0.1) is 79.6 Å². The Bertz CT molecular complexity index is 4150. The molecule has 4 amide bonds. The van der Waals surface area contributed by atoms with Crippen LogP contribution in [0.2, 0.25) is 0 Å². The number of carbonyl (C=O) groups excluding carboxylic acids is 4. The zero-order chi connectivity index (χ0) is 79.2. The van der Waals surface area contributed by atoms with Gasteiger partial charge in [-0.1, -0.05) is 55.3 Å². The van der Waals surface area contributed by atoms with Crippen LogP contribution in [-0.2, 0) is 38.1 Å². The van der Waals surface area contributed by atoms with Crippen molar-refractivity contribution in [3.63, 3.8) is 0 Å². The van der Waals surface area contributed by atoms with Crippen molar-refractivity contribution in [1.82, 2.24) is 59.5 Å². The summed E-state index contributed by atoms with van der Waals surface area (Å²) >= 11 is 1.80. The highest BCUT2D eigenvalue weighted by atomic mass is 127. The summed E-state index contributed by atoms with van der Waals surface area (Å²) in [6.45, 7) is 0.492. The fourth-order valence-corrected chi connectivity index (χ4v) is 9.41. The number of aromatic nitrogens is 8. The van der Waals surface area contributed by atoms with Crippen LogP contribution in [0.25, 0.3) is 0 Å². The van der Waals surface area contributed by atoms with E-state index < -0.39 is 200 Å². The zero-order valence-electron chi connectivity index (χ0n) is 53.7. The summed E-state index contributed by atoms with van der Waals surface area (Å²) < 4.78 is 168. The second kappa shape index (κ2) is 38.9. The number of rotatable bonds is 12. The predicted molar refractivity (Wildman–Crippen MR) is 337 cm³/mol. The molecule has 0 spiro atoms. The van der Waals surface area contributed by atoms with Gasteiger partial charge in [0.2, 0.25) is 0 Å². The predicted octanol–water partition coefficient (Wildman–Crippen LogP) is -3.46. The molecule has 4 aromatic rings. The minimum Gasteiger partial charge on any atom is -0.394 e. The van der Waals surface area contributed by atoms with Crippen molar-refractivity contribution >= 4 is 46.2 Å². The van der Waals surface area contributed by atoms with Gasteiger partial charge in [-0.05, 0) is 35.4 Å². The van der Waals surface area contributed by atoms with Gasteiger partial charge in [0.1, 0.15) is 53.8 Å². The molecule has 8 heterocycles. The molecule has 0 aromatic carbocycles. The van der Waals surface area contributed by atoms with Gasteiger partial charge in [0.15, 0.2) is 0 Å². The van der Waals surface area contributed by atoms with Crippen molar-refractivity contribution in [3.8, 4) is 47.9 Å². The third-order valence-corrected chi connectivity index (χ3v) is 14.9. The average molecular weight is 1630 g/mol. The number of amides is 4. The summed E-state index contributed by atoms with van der Waals surface area (Å²) in [5.74, 6) is 6.76. The van der Waals surface area contributed by atoms with E-state index in [0.717, 1.165) is 32.3 Å². The number of hydrogen-bond acceptors (Lipinski definition) is 22. The molecule has 0 saturated carbocycles. The summed E-state index contributed by atoms with van der Waals surface area (Å²) in [6, 6.07) is 0. The molecule has 4 aliphatic rings. The number of aliphatic hydroxyl groups excluding tert-OH is 6. The van der Waals surface area contributed by atoms with E-state index in [0.29, 0.717) is 16.4 Å². The van der Waals surface area contributed by atoms with E-state index in [4.69, 9.17) is 29.2 Å². The quantitative estimate of drug-likeness (QED) is 0.0372. The van der Waals surface area contributed by atoms with Crippen LogP contribution in [0.3, 0.4) is 0 Å². The minimum absolute atomic E-state index is 0.0221. The second-order valence-electron chi connectivity index (χ2n) is 21.5. The Hall–Kier alpha value is -9.67. The van der Waals surface area contributed by atoms with Crippen LogP contribution in [0.15, 0.2) is 63.1 Å². The molecule has 12 unspecified atom stereocenters. The van der Waals surface area contributed by atoms with Crippen molar-refractivity contribution in [2.24, 2.45) is 0 Å². The number of terminal acetylenes is 1. The fourth-order valence-electron chi connectivity index (χ4n) is 8.97. The molecule has 4 aliphatic heterocycles. The number of H-pyrrole nitrogens is 4. The van der Waals surface area contributed by atoms with Gasteiger partial charge >= 0.3 is 71.1 Å². The highest BCUT2D eigenvalue weighted by Crippen LogP contribution is 2.32. The molecule has 0 bridgehead atoms. The first-order valence-electron chi connectivity index (χ1n) is 29.8. The van der Waals surface area contributed by atoms with Crippen LogP contribution in [0.1, 0.15) is 94.0 Å². The molecule has 12 atom stereocenters. The number of ether oxygens (including phenoxy) is 4. The number of aromatic amines is 4. The number of nitrogens with zero attached hydrogens (tertiary/aromatic N) is 4. The summed E-state index contributed by atoms with van der Waals surface area (Å²) in [5, 5.41) is 63.0. The lowest BCUT2D eigenvalue weighted by atomic mass is 10.1. The molecule has 47 heteroatoms. The first kappa shape index (κ1) is 87.7. The van der Waals surface area contributed by atoms with Crippen LogP contribution in [0.5, 0.6) is 0 Å². The summed E-state index contributed by atoms with van der Waals surface area (Å²) in [6.07, 6.45) is -18.3. The first-order valence-corrected chi connectivity index (χ1v) is 30.9. The highest BCUT2D eigenvalue weighted by Gasteiger charge is 2.42. The van der Waals surface area contributed by atoms with E-state index in [9.17, 15) is 131 Å². The monoisotopic (exact) mass is 1630 g/mol. The highest BCUT2D eigenvalue weighted by molar-refractivity contribution is 14.1. The van der Waals surface area contributed by atoms with Crippen LogP contribution in [0, 0.1) is 51.4 Å². The molecular formula is C58H61F12IN12O22. The third kappa shape index (κ3) is 26.2. The number of carbonyl (C=O) groups is 4. The lowest BCUT2D eigenvalue weighted by Crippen LogP contribution is -2.37. The number of hydrogen-bond donors (Lipinski definition) is 14. The molecular weight excluding hydrogens is 1570 g/mol. The number of alkyl halides is 12. The molecule has 34 nitrogen and oxygen atoms in total. The van der Waals surface area contributed by atoms with Gasteiger partial charge in [0, 0.05) is 50.5 Å². The topological polar surface area (TPSA) is 494 Å². The Balaban J connectivity index is 0.000000286. The molecule has 0 aliphatic carbocycles. The zero-order valence-corrected chi connectivity index (χ0v) is 55.9. The molecule has 8 rings (SSSR count). The Morgan fingerprint density at radius 3 is 0.914 bits per heavy atom. The molecule has 4 fully saturated rings. The molecule has 14 N–H and O–H groups in total. The van der Waals surface area contributed by atoms with Gasteiger partial charge in [-0.15, -0.1) is 6.42 Å². The molecule has 0 radical (unpaired) electrons. The maximum absolute atomic E-state index is 12.0. The average Bonchev–Trinajstić information content (AvgIpc) is 1.79. The number of halogens is 13. The lowest BCUT2D eigenvalue weighted by Gasteiger charge is -2.14. The Morgan fingerprint density at radius 2 is 0.686 bits per heavy atom. The van der Waals surface area contributed by atoms with Crippen molar-refractivity contribution in [2.45, 2.75) is 151 Å². The van der Waals surface area contributed by atoms with Gasteiger partial charge in [-0.2, -0.15) is 52.7 Å². The van der Waals surface area contributed by atoms with E-state index >= 15 is 0 Å². The van der Waals surface area contributed by atoms with Crippen molar-refractivity contribution in [2.75, 3.05) is 39.4 Å². The number of aliphatic hydroxyl groups is 6. The van der Waals surface area contributed by atoms with Crippen LogP contribution in [0.4, 0.5) is 52.7 Å². The van der Waals surface area contributed by atoms with Gasteiger partial charge < -0.3 is 70.9 Å². The minimum atomic E-state index is -5.05. The van der Waals surface area contributed by atoms with E-state index in [2.05, 4.69) is 46.9 Å². The summed E-state index contributed by atoms with van der Waals surface area (Å²) in [5.41, 5.74) is -6.59. The van der Waals surface area contributed by atoms with E-state index in [-0.39, 0.29) is 49.0 Å². The molecule has 4 aromatic heterocycles. The summed E-state index contributed by atoms with van der Waals surface area (Å²) in [4.78, 5) is 144. The lowest BCUT2D eigenvalue weighted by molar-refractivity contribution is -0.173. The van der Waals surface area contributed by atoms with Crippen molar-refractivity contribution < 1.29 is 121 Å². The van der Waals surface area contributed by atoms with Crippen LogP contribution >= 0.6 is 22.6 Å². The second-order valence-corrected chi connectivity index (χ2v) is 22.7. The van der Waals surface area contributed by atoms with Gasteiger partial charge in [0.25, 0.3) is 22.2 Å². The normalized spacial score (nSPS) is 22.4. The van der Waals surface area contributed by atoms with Crippen LogP contribution in [-0.4, -0.2) is 205 Å². The fraction of sp³-hybridized carbons (Fsp3) is 0.517. The Labute approximate surface area is 591 Å². The first-order chi connectivity index (χ1) is 48.9. The maximum atomic E-state index is 12.0. The van der Waals surface area contributed by atoms with Crippen LogP contribution < -0.4 is 66.3 Å². The molecule has 4 saturated heterocycles. The maximum Gasteiger partial charge on any atom is 0.471 e. The standard InChI is InChI=1S/2C15H16F3N3O5.C14H14F3N3O6.C9H11IN2O5.C5H4F3NO/c2*1-2-10-9(22)6-11(26-10)21-7-8(12(23)20-14(21)25)4-3-5-19-13(24)15(16,17)18;15-14(16,17)12(24)18-3-1-2-7-5-20(13(25)19-11(7)23)10-4-8(22)9(6-21)26-10;10-4-2-12(9(16)11-8(4)15)7-1-5(14)6(3-13)17-7;1-2-3-9-4(10)5(6,7)8/h2*7,9-11,22H,2,5-6H2,1H3,(H,19,24)(H,20,23,25);5,8-10,21-22H,3-4,6H2,(H,18,24)(H,19,23,25);2,5-7,13-14H,1,3H2,(H,11,15,16);1H,3H2,(H,9,10). The SMILES string of the molecule is C#CCNC(=O)C(F)(F)F.CCC1OC(n2cc(C#CCNC(=O)C(F)(F)F)c(=O)[nH]c2=O)CC1O.CCC1OC(n2cc(C#CCNC(=O)C(F)(F)F)c(=O)[nH]c2=O)CC1O.O=C(NCC#Cc1cn(C2CC(O)C(CO)O2)c(=O)[nH]c1=O)C(F)(F)F.O=c1[nH]c(=O)n(C2CC(O)C(CO)O2)cc1I. The van der Waals surface area contributed by atoms with Crippen molar-refractivity contribution in [3.05, 3.63) is 128 Å². The largest absolute Gasteiger partial charge is 0.471 e. The summed E-state index contributed by atoms with van der Waals surface area (Å²) in [7, 11) is 0. The van der Waals surface area contributed by atoms with E-state index in [1.165, 1.54) is 32.0 Å². The molecule has 105 heavy (non-hydrogen) atoms. The Kier molecular flexibility index (Phi) is 32.5. The Morgan fingerprint density at radius 1 is 0.448 bits per heavy atom. The van der Waals surface area contributed by atoms with Crippen molar-refractivity contribution in [1.29, 1.82) is 0 Å². The van der Waals surface area contributed by atoms with Gasteiger partial charge in [-0.3, -0.25) is 76.6 Å². The molecule has 576 valence electrons. The smallest absolute Gasteiger partial charge is 0.394 e. The number of nitrogens with one attached hydrogen (secondary N) is 8. The van der Waals surface area contributed by atoms with E-state index in [1.807, 2.05) is 20.9 Å². The third-order valence-electron chi connectivity index (χ3n) is 14.1.